The minimum Gasteiger partial charge on any atom is -0.352 e. The summed E-state index contributed by atoms with van der Waals surface area (Å²) in [6, 6.07) is 13.2. The zero-order chi connectivity index (χ0) is 13.1. The number of hydrogen-bond donors (Lipinski definition) is 1. The van der Waals surface area contributed by atoms with E-state index in [1.54, 1.807) is 30.5 Å². The second-order valence-corrected chi connectivity index (χ2v) is 4.20. The van der Waals surface area contributed by atoms with E-state index in [-0.39, 0.29) is 5.78 Å². The van der Waals surface area contributed by atoms with Gasteiger partial charge in [-0.2, -0.15) is 0 Å². The molecule has 2 aromatic rings. The third-order valence-electron chi connectivity index (χ3n) is 2.91. The number of pyridine rings is 1. The zero-order valence-corrected chi connectivity index (χ0v) is 10.2. The Bertz CT molecular complexity index is 672. The van der Waals surface area contributed by atoms with Gasteiger partial charge in [-0.3, -0.25) is 9.78 Å². The summed E-state index contributed by atoms with van der Waals surface area (Å²) in [4.78, 5) is 16.4. The second kappa shape index (κ2) is 4.90. The van der Waals surface area contributed by atoms with Gasteiger partial charge in [0.25, 0.3) is 0 Å². The summed E-state index contributed by atoms with van der Waals surface area (Å²) >= 11 is 0. The van der Waals surface area contributed by atoms with E-state index < -0.39 is 0 Å². The number of nitrogens with zero attached hydrogens (tertiary/aromatic N) is 1. The van der Waals surface area contributed by atoms with Gasteiger partial charge in [-0.05, 0) is 29.8 Å². The van der Waals surface area contributed by atoms with Crippen LogP contribution in [0.5, 0.6) is 0 Å². The average molecular weight is 248 g/mol. The molecule has 0 saturated heterocycles. The molecule has 0 radical (unpaired) electrons. The van der Waals surface area contributed by atoms with Crippen molar-refractivity contribution in [1.82, 2.24) is 4.98 Å². The molecule has 1 aliphatic rings. The first-order valence-corrected chi connectivity index (χ1v) is 6.05. The van der Waals surface area contributed by atoms with E-state index in [0.717, 1.165) is 11.3 Å². The summed E-state index contributed by atoms with van der Waals surface area (Å²) in [6.45, 7) is 0. The Hall–Kier alpha value is -2.68. The van der Waals surface area contributed by atoms with E-state index in [4.69, 9.17) is 0 Å². The maximum atomic E-state index is 12.3. The third-order valence-corrected chi connectivity index (χ3v) is 2.91. The minimum absolute atomic E-state index is 0.109. The van der Waals surface area contributed by atoms with Crippen LogP contribution in [0, 0.1) is 0 Å². The van der Waals surface area contributed by atoms with Crippen molar-refractivity contribution in [2.24, 2.45) is 0 Å². The molecule has 0 spiro atoms. The number of carbonyl (C=O) groups is 1. The van der Waals surface area contributed by atoms with Gasteiger partial charge in [-0.1, -0.05) is 36.4 Å². The molecular formula is C16H12N2O. The standard InChI is InChI=1S/C16H12N2O/c19-16(14-9-3-4-11-17-14)15-10-5-7-12-6-1-2-8-13(12)18-15/h1-11,18H. The normalized spacial score (nSPS) is 12.9. The second-order valence-electron chi connectivity index (χ2n) is 4.20. The molecule has 0 fully saturated rings. The van der Waals surface area contributed by atoms with Gasteiger partial charge in [0.15, 0.2) is 0 Å². The molecule has 3 rings (SSSR count). The Labute approximate surface area is 111 Å². The van der Waals surface area contributed by atoms with Gasteiger partial charge in [0, 0.05) is 11.9 Å². The van der Waals surface area contributed by atoms with Crippen molar-refractivity contribution < 1.29 is 4.79 Å². The van der Waals surface area contributed by atoms with Gasteiger partial charge < -0.3 is 5.32 Å². The molecule has 0 aliphatic carbocycles. The Morgan fingerprint density at radius 2 is 1.89 bits per heavy atom. The summed E-state index contributed by atoms with van der Waals surface area (Å²) in [5.74, 6) is -0.109. The highest BCUT2D eigenvalue weighted by molar-refractivity contribution is 6.09. The quantitative estimate of drug-likeness (QED) is 0.829. The van der Waals surface area contributed by atoms with Gasteiger partial charge >= 0.3 is 0 Å². The van der Waals surface area contributed by atoms with Gasteiger partial charge in [0.1, 0.15) is 5.69 Å². The zero-order valence-electron chi connectivity index (χ0n) is 10.2. The van der Waals surface area contributed by atoms with E-state index in [2.05, 4.69) is 10.3 Å². The molecule has 0 amide bonds. The van der Waals surface area contributed by atoms with Crippen LogP contribution in [0.25, 0.3) is 6.08 Å². The number of carbonyl (C=O) groups excluding carboxylic acids is 1. The summed E-state index contributed by atoms with van der Waals surface area (Å²) in [7, 11) is 0. The maximum absolute atomic E-state index is 12.3. The summed E-state index contributed by atoms with van der Waals surface area (Å²) in [6.07, 6.45) is 7.24. The molecule has 2 heterocycles. The first kappa shape index (κ1) is 11.4. The number of fused-ring (bicyclic) bond motifs is 1. The van der Waals surface area contributed by atoms with Crippen LogP contribution in [0.2, 0.25) is 0 Å². The number of Topliss-reactive ketones (excluding diaryl/α,β-unsaturated/α-hetero) is 1. The number of rotatable bonds is 2. The van der Waals surface area contributed by atoms with E-state index in [0.29, 0.717) is 11.4 Å². The highest BCUT2D eigenvalue weighted by atomic mass is 16.1. The van der Waals surface area contributed by atoms with Crippen LogP contribution in [-0.2, 0) is 0 Å². The molecule has 1 aliphatic heterocycles. The topological polar surface area (TPSA) is 42.0 Å². The monoisotopic (exact) mass is 248 g/mol. The average Bonchev–Trinajstić information content (AvgIpc) is 2.69. The molecule has 1 aromatic heterocycles. The van der Waals surface area contributed by atoms with Gasteiger partial charge in [-0.25, -0.2) is 0 Å². The first-order valence-electron chi connectivity index (χ1n) is 6.05. The SMILES string of the molecule is O=C(C1=CC=Cc2ccccc2N1)c1ccccn1. The van der Waals surface area contributed by atoms with Crippen molar-refractivity contribution in [2.45, 2.75) is 0 Å². The lowest BCUT2D eigenvalue weighted by Gasteiger charge is -2.10. The lowest BCUT2D eigenvalue weighted by Crippen LogP contribution is -2.13. The van der Waals surface area contributed by atoms with Crippen molar-refractivity contribution in [2.75, 3.05) is 5.32 Å². The Morgan fingerprint density at radius 1 is 1.05 bits per heavy atom. The number of ketones is 1. The minimum atomic E-state index is -0.109. The number of aromatic nitrogens is 1. The van der Waals surface area contributed by atoms with Crippen LogP contribution in [0.15, 0.2) is 66.5 Å². The Balaban J connectivity index is 1.94. The third kappa shape index (κ3) is 2.31. The fourth-order valence-corrected chi connectivity index (χ4v) is 1.96. The molecule has 1 N–H and O–H groups in total. The smallest absolute Gasteiger partial charge is 0.227 e. The molecular weight excluding hydrogens is 236 g/mol. The Kier molecular flexibility index (Phi) is 2.94. The van der Waals surface area contributed by atoms with E-state index in [1.807, 2.05) is 36.4 Å². The van der Waals surface area contributed by atoms with E-state index in [1.165, 1.54) is 0 Å². The molecule has 3 nitrogen and oxygen atoms in total. The predicted octanol–water partition coefficient (Wildman–Crippen LogP) is 3.29. The summed E-state index contributed by atoms with van der Waals surface area (Å²) < 4.78 is 0. The van der Waals surface area contributed by atoms with Crippen molar-refractivity contribution in [3.63, 3.8) is 0 Å². The number of para-hydroxylation sites is 1. The lowest BCUT2D eigenvalue weighted by molar-refractivity contribution is 0.103. The highest BCUT2D eigenvalue weighted by Gasteiger charge is 2.15. The van der Waals surface area contributed by atoms with Crippen LogP contribution in [0.4, 0.5) is 5.69 Å². The number of benzene rings is 1. The fourth-order valence-electron chi connectivity index (χ4n) is 1.96. The number of allylic oxidation sites excluding steroid dienone is 3. The van der Waals surface area contributed by atoms with Crippen LogP contribution in [-0.4, -0.2) is 10.8 Å². The van der Waals surface area contributed by atoms with Gasteiger partial charge in [0.2, 0.25) is 5.78 Å². The lowest BCUT2D eigenvalue weighted by atomic mass is 10.1. The van der Waals surface area contributed by atoms with Crippen molar-refractivity contribution in [3.05, 3.63) is 77.8 Å². The molecule has 0 bridgehead atoms. The molecule has 0 atom stereocenters. The molecule has 92 valence electrons. The number of anilines is 1. The predicted molar refractivity (Wildman–Crippen MR) is 75.7 cm³/mol. The van der Waals surface area contributed by atoms with Crippen LogP contribution < -0.4 is 5.32 Å². The molecule has 0 unspecified atom stereocenters. The van der Waals surface area contributed by atoms with E-state index >= 15 is 0 Å². The number of nitrogens with one attached hydrogen (secondary N) is 1. The molecule has 19 heavy (non-hydrogen) atoms. The van der Waals surface area contributed by atoms with Gasteiger partial charge in [-0.15, -0.1) is 0 Å². The summed E-state index contributed by atoms with van der Waals surface area (Å²) in [5, 5.41) is 3.17. The van der Waals surface area contributed by atoms with Crippen LogP contribution in [0.1, 0.15) is 16.1 Å². The Morgan fingerprint density at radius 3 is 2.74 bits per heavy atom. The largest absolute Gasteiger partial charge is 0.352 e. The summed E-state index contributed by atoms with van der Waals surface area (Å²) in [5.41, 5.74) is 2.95. The van der Waals surface area contributed by atoms with Crippen molar-refractivity contribution in [1.29, 1.82) is 0 Å². The van der Waals surface area contributed by atoms with E-state index in [9.17, 15) is 4.79 Å². The molecule has 3 heteroatoms. The van der Waals surface area contributed by atoms with Crippen LogP contribution in [0.3, 0.4) is 0 Å². The van der Waals surface area contributed by atoms with Gasteiger partial charge in [0.05, 0.1) is 5.70 Å². The first-order chi connectivity index (χ1) is 9.34. The van der Waals surface area contributed by atoms with Crippen molar-refractivity contribution >= 4 is 17.5 Å². The molecule has 1 aromatic carbocycles. The maximum Gasteiger partial charge on any atom is 0.227 e. The van der Waals surface area contributed by atoms with Crippen LogP contribution >= 0.6 is 0 Å². The number of hydrogen-bond acceptors (Lipinski definition) is 3. The van der Waals surface area contributed by atoms with Crippen molar-refractivity contribution in [3.8, 4) is 0 Å². The fraction of sp³-hybridized carbons (Fsp3) is 0. The highest BCUT2D eigenvalue weighted by Crippen LogP contribution is 2.22. The molecule has 0 saturated carbocycles.